The average Bonchev–Trinajstić information content (AvgIpc) is 2.33. The number of anilines is 2. The first-order valence-corrected chi connectivity index (χ1v) is 7.50. The number of nitrogen functional groups attached to an aromatic ring is 1. The van der Waals surface area contributed by atoms with Crippen molar-refractivity contribution in [1.29, 1.82) is 0 Å². The van der Waals surface area contributed by atoms with Gasteiger partial charge < -0.3 is 5.73 Å². The van der Waals surface area contributed by atoms with E-state index in [2.05, 4.69) is 4.72 Å². The lowest BCUT2D eigenvalue weighted by molar-refractivity contribution is 0.599. The second kappa shape index (κ2) is 5.30. The van der Waals surface area contributed by atoms with Crippen molar-refractivity contribution in [3.8, 4) is 0 Å². The van der Waals surface area contributed by atoms with Crippen LogP contribution < -0.4 is 10.5 Å². The van der Waals surface area contributed by atoms with E-state index in [9.17, 15) is 12.8 Å². The third kappa shape index (κ3) is 3.02. The number of sulfonamides is 1. The van der Waals surface area contributed by atoms with Gasteiger partial charge in [-0.25, -0.2) is 12.8 Å². The summed E-state index contributed by atoms with van der Waals surface area (Å²) in [6, 6.07) is 8.12. The van der Waals surface area contributed by atoms with Crippen molar-refractivity contribution >= 4 is 33.0 Å². The molecule has 2 rings (SSSR count). The van der Waals surface area contributed by atoms with Gasteiger partial charge in [0.1, 0.15) is 10.7 Å². The van der Waals surface area contributed by atoms with E-state index in [0.717, 1.165) is 11.6 Å². The zero-order valence-corrected chi connectivity index (χ0v) is 12.1. The monoisotopic (exact) mass is 314 g/mol. The lowest BCUT2D eigenvalue weighted by Crippen LogP contribution is -2.15. The van der Waals surface area contributed by atoms with E-state index in [0.29, 0.717) is 0 Å². The molecule has 106 valence electrons. The van der Waals surface area contributed by atoms with Crippen molar-refractivity contribution in [2.24, 2.45) is 0 Å². The van der Waals surface area contributed by atoms with Crippen LogP contribution in [-0.4, -0.2) is 8.42 Å². The van der Waals surface area contributed by atoms with Crippen LogP contribution in [0.5, 0.6) is 0 Å². The Kier molecular flexibility index (Phi) is 3.87. The van der Waals surface area contributed by atoms with Gasteiger partial charge >= 0.3 is 0 Å². The second-order valence-corrected chi connectivity index (χ2v) is 6.36. The van der Waals surface area contributed by atoms with Crippen molar-refractivity contribution in [3.05, 3.63) is 52.8 Å². The van der Waals surface area contributed by atoms with Crippen molar-refractivity contribution in [2.75, 3.05) is 10.5 Å². The van der Waals surface area contributed by atoms with Crippen molar-refractivity contribution < 1.29 is 12.8 Å². The first-order valence-electron chi connectivity index (χ1n) is 5.63. The fourth-order valence-electron chi connectivity index (χ4n) is 1.69. The Balaban J connectivity index is 2.43. The van der Waals surface area contributed by atoms with E-state index in [1.54, 1.807) is 13.0 Å². The lowest BCUT2D eigenvalue weighted by Gasteiger charge is -2.11. The van der Waals surface area contributed by atoms with Crippen molar-refractivity contribution in [2.45, 2.75) is 11.8 Å². The molecule has 0 fully saturated rings. The molecule has 2 aromatic rings. The Bertz CT molecular complexity index is 763. The standard InChI is InChI=1S/C13H12ClFN2O2S/c1-8-2-5-13(11(16)6-8)20(18,19)17-12-7-9(14)3-4-10(12)15/h2-7,17H,16H2,1H3. The van der Waals surface area contributed by atoms with Gasteiger partial charge in [0.15, 0.2) is 0 Å². The number of nitrogens with one attached hydrogen (secondary N) is 1. The summed E-state index contributed by atoms with van der Waals surface area (Å²) in [6.45, 7) is 1.79. The van der Waals surface area contributed by atoms with Crippen LogP contribution in [0.4, 0.5) is 15.8 Å². The topological polar surface area (TPSA) is 72.2 Å². The Morgan fingerprint density at radius 1 is 1.20 bits per heavy atom. The van der Waals surface area contributed by atoms with Crippen LogP contribution in [0.15, 0.2) is 41.3 Å². The van der Waals surface area contributed by atoms with Gasteiger partial charge in [0.2, 0.25) is 0 Å². The molecule has 0 unspecified atom stereocenters. The van der Waals surface area contributed by atoms with Gasteiger partial charge in [0, 0.05) is 5.02 Å². The predicted molar refractivity (Wildman–Crippen MR) is 77.8 cm³/mol. The molecule has 0 amide bonds. The molecule has 0 aliphatic heterocycles. The van der Waals surface area contributed by atoms with E-state index in [1.807, 2.05) is 0 Å². The van der Waals surface area contributed by atoms with E-state index >= 15 is 0 Å². The van der Waals surface area contributed by atoms with Gasteiger partial charge in [0.05, 0.1) is 11.4 Å². The summed E-state index contributed by atoms with van der Waals surface area (Å²) < 4.78 is 40.1. The second-order valence-electron chi connectivity index (χ2n) is 4.27. The molecule has 3 N–H and O–H groups in total. The van der Waals surface area contributed by atoms with Gasteiger partial charge in [0.25, 0.3) is 10.0 Å². The summed E-state index contributed by atoms with van der Waals surface area (Å²) in [5.41, 5.74) is 6.39. The number of hydrogen-bond acceptors (Lipinski definition) is 3. The zero-order valence-electron chi connectivity index (χ0n) is 10.5. The molecule has 20 heavy (non-hydrogen) atoms. The van der Waals surface area contributed by atoms with Crippen molar-refractivity contribution in [1.82, 2.24) is 0 Å². The van der Waals surface area contributed by atoms with Gasteiger partial charge in [-0.05, 0) is 42.8 Å². The number of benzene rings is 2. The molecular formula is C13H12ClFN2O2S. The number of aryl methyl sites for hydroxylation is 1. The Morgan fingerprint density at radius 3 is 2.55 bits per heavy atom. The number of nitrogens with two attached hydrogens (primary N) is 1. The summed E-state index contributed by atoms with van der Waals surface area (Å²) in [5.74, 6) is -0.719. The first-order chi connectivity index (χ1) is 9.29. The molecule has 0 saturated heterocycles. The van der Waals surface area contributed by atoms with Crippen LogP contribution in [-0.2, 0) is 10.0 Å². The highest BCUT2D eigenvalue weighted by atomic mass is 35.5. The molecule has 7 heteroatoms. The lowest BCUT2D eigenvalue weighted by atomic mass is 10.2. The largest absolute Gasteiger partial charge is 0.398 e. The maximum absolute atomic E-state index is 13.6. The Morgan fingerprint density at radius 2 is 1.90 bits per heavy atom. The predicted octanol–water partition coefficient (Wildman–Crippen LogP) is 3.17. The highest BCUT2D eigenvalue weighted by Crippen LogP contribution is 2.25. The summed E-state index contributed by atoms with van der Waals surface area (Å²) in [4.78, 5) is -0.109. The third-order valence-electron chi connectivity index (χ3n) is 2.63. The molecule has 0 aromatic heterocycles. The molecule has 0 aliphatic rings. The average molecular weight is 315 g/mol. The van der Waals surface area contributed by atoms with Gasteiger partial charge in [-0.3, -0.25) is 4.72 Å². The van der Waals surface area contributed by atoms with Gasteiger partial charge in [-0.15, -0.1) is 0 Å². The number of halogens is 2. The van der Waals surface area contributed by atoms with Crippen LogP contribution in [0.3, 0.4) is 0 Å². The normalized spacial score (nSPS) is 11.3. The minimum absolute atomic E-state index is 0.0972. The minimum Gasteiger partial charge on any atom is -0.398 e. The highest BCUT2D eigenvalue weighted by Gasteiger charge is 2.19. The van der Waals surface area contributed by atoms with Crippen molar-refractivity contribution in [3.63, 3.8) is 0 Å². The minimum atomic E-state index is -3.97. The van der Waals surface area contributed by atoms with Crippen LogP contribution >= 0.6 is 11.6 Å². The van der Waals surface area contributed by atoms with E-state index in [4.69, 9.17) is 17.3 Å². The molecule has 2 aromatic carbocycles. The number of hydrogen-bond donors (Lipinski definition) is 2. The smallest absolute Gasteiger partial charge is 0.264 e. The summed E-state index contributed by atoms with van der Waals surface area (Å²) in [6.07, 6.45) is 0. The molecule has 0 atom stereocenters. The summed E-state index contributed by atoms with van der Waals surface area (Å²) in [7, 11) is -3.97. The van der Waals surface area contributed by atoms with E-state index in [-0.39, 0.29) is 21.3 Å². The highest BCUT2D eigenvalue weighted by molar-refractivity contribution is 7.92. The molecule has 0 bridgehead atoms. The molecule has 0 radical (unpaired) electrons. The maximum atomic E-state index is 13.6. The molecule has 0 heterocycles. The fraction of sp³-hybridized carbons (Fsp3) is 0.0769. The van der Waals surface area contributed by atoms with Crippen LogP contribution in [0, 0.1) is 12.7 Å². The van der Waals surface area contributed by atoms with Gasteiger partial charge in [-0.1, -0.05) is 17.7 Å². The molecule has 0 aliphatic carbocycles. The van der Waals surface area contributed by atoms with Crippen LogP contribution in [0.1, 0.15) is 5.56 Å². The SMILES string of the molecule is Cc1ccc(S(=O)(=O)Nc2cc(Cl)ccc2F)c(N)c1. The van der Waals surface area contributed by atoms with Crippen LogP contribution in [0.2, 0.25) is 5.02 Å². The quantitative estimate of drug-likeness (QED) is 0.855. The van der Waals surface area contributed by atoms with Gasteiger partial charge in [-0.2, -0.15) is 0 Å². The maximum Gasteiger partial charge on any atom is 0.264 e. The molecule has 4 nitrogen and oxygen atoms in total. The first kappa shape index (κ1) is 14.6. The fourth-order valence-corrected chi connectivity index (χ4v) is 3.03. The van der Waals surface area contributed by atoms with E-state index in [1.165, 1.54) is 24.3 Å². The van der Waals surface area contributed by atoms with Crippen LogP contribution in [0.25, 0.3) is 0 Å². The zero-order chi connectivity index (χ0) is 14.9. The summed E-state index contributed by atoms with van der Waals surface area (Å²) in [5, 5.41) is 0.223. The molecular weight excluding hydrogens is 303 g/mol. The van der Waals surface area contributed by atoms with E-state index < -0.39 is 15.8 Å². The molecule has 0 saturated carbocycles. The third-order valence-corrected chi connectivity index (χ3v) is 4.30. The molecule has 0 spiro atoms. The Hall–Kier alpha value is -1.79. The Labute approximate surface area is 121 Å². The summed E-state index contributed by atoms with van der Waals surface area (Å²) >= 11 is 5.72. The number of rotatable bonds is 3.